The Hall–Kier alpha value is -2.16. The van der Waals surface area contributed by atoms with Gasteiger partial charge >= 0.3 is 0 Å². The molecule has 2 aromatic carbocycles. The van der Waals surface area contributed by atoms with Gasteiger partial charge in [0.2, 0.25) is 0 Å². The lowest BCUT2D eigenvalue weighted by molar-refractivity contribution is 0.0730. The summed E-state index contributed by atoms with van der Waals surface area (Å²) in [7, 11) is 1.79. The molecule has 1 aliphatic carbocycles. The van der Waals surface area contributed by atoms with Crippen molar-refractivity contribution in [1.82, 2.24) is 4.90 Å². The van der Waals surface area contributed by atoms with Crippen molar-refractivity contribution in [3.05, 3.63) is 71.0 Å². The summed E-state index contributed by atoms with van der Waals surface area (Å²) in [6, 6.07) is 14.1. The standard InChI is InChI=1S/C17H16FNO/c1-19(17(20)13-6-4-7-14(18)11-13)16-10-9-12-5-2-3-8-15(12)16/h2-8,11,16H,9-10H2,1H3. The summed E-state index contributed by atoms with van der Waals surface area (Å²) >= 11 is 0. The highest BCUT2D eigenvalue weighted by Crippen LogP contribution is 2.35. The molecule has 20 heavy (non-hydrogen) atoms. The predicted octanol–water partition coefficient (Wildman–Crippen LogP) is 3.59. The summed E-state index contributed by atoms with van der Waals surface area (Å²) in [4.78, 5) is 14.2. The molecule has 0 aromatic heterocycles. The Morgan fingerprint density at radius 1 is 1.20 bits per heavy atom. The number of carbonyl (C=O) groups is 1. The van der Waals surface area contributed by atoms with Crippen molar-refractivity contribution in [2.75, 3.05) is 7.05 Å². The number of carbonyl (C=O) groups excluding carboxylic acids is 1. The van der Waals surface area contributed by atoms with Crippen LogP contribution in [-0.4, -0.2) is 17.9 Å². The van der Waals surface area contributed by atoms with Gasteiger partial charge in [0.05, 0.1) is 6.04 Å². The van der Waals surface area contributed by atoms with Gasteiger partial charge in [0.25, 0.3) is 5.91 Å². The molecule has 0 heterocycles. The van der Waals surface area contributed by atoms with Crippen molar-refractivity contribution in [2.24, 2.45) is 0 Å². The third-order valence-corrected chi connectivity index (χ3v) is 3.96. The third-order valence-electron chi connectivity index (χ3n) is 3.96. The van der Waals surface area contributed by atoms with E-state index in [9.17, 15) is 9.18 Å². The molecule has 102 valence electrons. The van der Waals surface area contributed by atoms with Gasteiger partial charge in [-0.15, -0.1) is 0 Å². The summed E-state index contributed by atoms with van der Waals surface area (Å²) in [6.07, 6.45) is 1.92. The Morgan fingerprint density at radius 3 is 2.80 bits per heavy atom. The van der Waals surface area contributed by atoms with Gasteiger partial charge < -0.3 is 4.90 Å². The van der Waals surface area contributed by atoms with Gasteiger partial charge in [-0.1, -0.05) is 30.3 Å². The lowest BCUT2D eigenvalue weighted by atomic mass is 10.1. The first-order chi connectivity index (χ1) is 9.66. The van der Waals surface area contributed by atoms with Gasteiger partial charge in [-0.3, -0.25) is 4.79 Å². The highest BCUT2D eigenvalue weighted by molar-refractivity contribution is 5.94. The fraction of sp³-hybridized carbons (Fsp3) is 0.235. The first-order valence-corrected chi connectivity index (χ1v) is 6.77. The molecule has 0 bridgehead atoms. The monoisotopic (exact) mass is 269 g/mol. The van der Waals surface area contributed by atoms with Crippen molar-refractivity contribution < 1.29 is 9.18 Å². The number of amides is 1. The van der Waals surface area contributed by atoms with Gasteiger partial charge in [-0.05, 0) is 42.2 Å². The van der Waals surface area contributed by atoms with Crippen molar-refractivity contribution >= 4 is 5.91 Å². The zero-order chi connectivity index (χ0) is 14.1. The zero-order valence-electron chi connectivity index (χ0n) is 11.3. The van der Waals surface area contributed by atoms with E-state index in [1.165, 1.54) is 23.3 Å². The van der Waals surface area contributed by atoms with Gasteiger partial charge in [0.1, 0.15) is 5.82 Å². The quantitative estimate of drug-likeness (QED) is 0.816. The molecule has 0 radical (unpaired) electrons. The molecular formula is C17H16FNO. The van der Waals surface area contributed by atoms with E-state index in [0.29, 0.717) is 5.56 Å². The zero-order valence-corrected chi connectivity index (χ0v) is 11.3. The van der Waals surface area contributed by atoms with Gasteiger partial charge in [-0.2, -0.15) is 0 Å². The van der Waals surface area contributed by atoms with Crippen LogP contribution in [0.3, 0.4) is 0 Å². The molecule has 0 N–H and O–H groups in total. The first kappa shape index (κ1) is 12.9. The topological polar surface area (TPSA) is 20.3 Å². The normalized spacial score (nSPS) is 16.8. The second-order valence-corrected chi connectivity index (χ2v) is 5.18. The van der Waals surface area contributed by atoms with Crippen LogP contribution in [0.1, 0.15) is 33.9 Å². The van der Waals surface area contributed by atoms with Gasteiger partial charge in [0.15, 0.2) is 0 Å². The predicted molar refractivity (Wildman–Crippen MR) is 76.0 cm³/mol. The molecule has 3 heteroatoms. The molecular weight excluding hydrogens is 253 g/mol. The number of hydrogen-bond donors (Lipinski definition) is 0. The van der Waals surface area contributed by atoms with Crippen LogP contribution in [0.5, 0.6) is 0 Å². The Labute approximate surface area is 117 Å². The maximum atomic E-state index is 13.2. The molecule has 1 amide bonds. The van der Waals surface area contributed by atoms with E-state index < -0.39 is 0 Å². The molecule has 0 saturated carbocycles. The minimum atomic E-state index is -0.379. The Balaban J connectivity index is 1.87. The number of benzene rings is 2. The minimum absolute atomic E-state index is 0.0852. The molecule has 0 spiro atoms. The second-order valence-electron chi connectivity index (χ2n) is 5.18. The van der Waals surface area contributed by atoms with E-state index in [1.54, 1.807) is 24.1 Å². The Morgan fingerprint density at radius 2 is 2.00 bits per heavy atom. The average molecular weight is 269 g/mol. The third kappa shape index (κ3) is 2.20. The molecule has 1 aliphatic rings. The van der Waals surface area contributed by atoms with Crippen LogP contribution < -0.4 is 0 Å². The molecule has 2 aromatic rings. The summed E-state index contributed by atoms with van der Waals surface area (Å²) in [5.74, 6) is -0.512. The molecule has 2 nitrogen and oxygen atoms in total. The lowest BCUT2D eigenvalue weighted by Crippen LogP contribution is -2.30. The molecule has 1 atom stereocenters. The molecule has 0 saturated heterocycles. The number of hydrogen-bond acceptors (Lipinski definition) is 1. The van der Waals surface area contributed by atoms with Crippen molar-refractivity contribution in [3.63, 3.8) is 0 Å². The van der Waals surface area contributed by atoms with E-state index >= 15 is 0 Å². The smallest absolute Gasteiger partial charge is 0.254 e. The van der Waals surface area contributed by atoms with Crippen LogP contribution in [0, 0.1) is 5.82 Å². The van der Waals surface area contributed by atoms with Crippen molar-refractivity contribution in [2.45, 2.75) is 18.9 Å². The summed E-state index contributed by atoms with van der Waals surface area (Å²) in [5.41, 5.74) is 2.91. The fourth-order valence-electron chi connectivity index (χ4n) is 2.90. The summed E-state index contributed by atoms with van der Waals surface area (Å²) in [6.45, 7) is 0. The SMILES string of the molecule is CN(C(=O)c1cccc(F)c1)C1CCc2ccccc21. The number of halogens is 1. The van der Waals surface area contributed by atoms with Crippen LogP contribution in [0.15, 0.2) is 48.5 Å². The van der Waals surface area contributed by atoms with E-state index in [2.05, 4.69) is 12.1 Å². The summed E-state index contributed by atoms with van der Waals surface area (Å²) in [5, 5.41) is 0. The van der Waals surface area contributed by atoms with Crippen LogP contribution in [-0.2, 0) is 6.42 Å². The first-order valence-electron chi connectivity index (χ1n) is 6.77. The van der Waals surface area contributed by atoms with E-state index in [-0.39, 0.29) is 17.8 Å². The van der Waals surface area contributed by atoms with E-state index in [4.69, 9.17) is 0 Å². The largest absolute Gasteiger partial charge is 0.335 e. The van der Waals surface area contributed by atoms with Crippen LogP contribution in [0.2, 0.25) is 0 Å². The molecule has 1 unspecified atom stereocenters. The maximum Gasteiger partial charge on any atom is 0.254 e. The van der Waals surface area contributed by atoms with Crippen LogP contribution >= 0.6 is 0 Å². The van der Waals surface area contributed by atoms with Gasteiger partial charge in [0, 0.05) is 12.6 Å². The number of rotatable bonds is 2. The number of fused-ring (bicyclic) bond motifs is 1. The fourth-order valence-corrected chi connectivity index (χ4v) is 2.90. The average Bonchev–Trinajstić information content (AvgIpc) is 2.89. The molecule has 0 fully saturated rings. The number of nitrogens with zero attached hydrogens (tertiary/aromatic N) is 1. The molecule has 0 aliphatic heterocycles. The highest BCUT2D eigenvalue weighted by atomic mass is 19.1. The Kier molecular flexibility index (Phi) is 3.26. The second kappa shape index (κ2) is 5.08. The number of aryl methyl sites for hydroxylation is 1. The van der Waals surface area contributed by atoms with E-state index in [1.807, 2.05) is 12.1 Å². The van der Waals surface area contributed by atoms with Crippen LogP contribution in [0.25, 0.3) is 0 Å². The van der Waals surface area contributed by atoms with E-state index in [0.717, 1.165) is 12.8 Å². The molecule has 3 rings (SSSR count). The van der Waals surface area contributed by atoms with Crippen molar-refractivity contribution in [3.8, 4) is 0 Å². The maximum absolute atomic E-state index is 13.2. The highest BCUT2D eigenvalue weighted by Gasteiger charge is 2.28. The van der Waals surface area contributed by atoms with Crippen LogP contribution in [0.4, 0.5) is 4.39 Å². The minimum Gasteiger partial charge on any atom is -0.335 e. The van der Waals surface area contributed by atoms with Crippen molar-refractivity contribution in [1.29, 1.82) is 0 Å². The summed E-state index contributed by atoms with van der Waals surface area (Å²) < 4.78 is 13.2. The lowest BCUT2D eigenvalue weighted by Gasteiger charge is -2.25. The van der Waals surface area contributed by atoms with Gasteiger partial charge in [-0.25, -0.2) is 4.39 Å². The Bertz CT molecular complexity index is 653.